The van der Waals surface area contributed by atoms with Crippen molar-refractivity contribution >= 4 is 17.8 Å². The van der Waals surface area contributed by atoms with Crippen molar-refractivity contribution in [3.63, 3.8) is 0 Å². The number of likely N-dealkylation sites (tertiary alicyclic amines) is 1. The molecule has 20 heavy (non-hydrogen) atoms. The molecule has 1 atom stereocenters. The maximum absolute atomic E-state index is 12.3. The zero-order valence-electron chi connectivity index (χ0n) is 11.6. The molecule has 2 saturated heterocycles. The van der Waals surface area contributed by atoms with Gasteiger partial charge in [0.15, 0.2) is 0 Å². The van der Waals surface area contributed by atoms with Crippen molar-refractivity contribution in [3.05, 3.63) is 0 Å². The lowest BCUT2D eigenvalue weighted by Gasteiger charge is -2.25. The predicted molar refractivity (Wildman–Crippen MR) is 71.8 cm³/mol. The van der Waals surface area contributed by atoms with Crippen molar-refractivity contribution < 1.29 is 14.4 Å². The van der Waals surface area contributed by atoms with Crippen molar-refractivity contribution in [1.29, 1.82) is 0 Å². The maximum atomic E-state index is 12.3. The minimum Gasteiger partial charge on any atom is -0.340 e. The third-order valence-electron chi connectivity index (χ3n) is 4.82. The number of hydrogen-bond acceptors (Lipinski definition) is 3. The molecule has 1 aliphatic carbocycles. The van der Waals surface area contributed by atoms with Crippen molar-refractivity contribution in [1.82, 2.24) is 15.5 Å². The van der Waals surface area contributed by atoms with Gasteiger partial charge in [-0.2, -0.15) is 0 Å². The minimum absolute atomic E-state index is 0.128. The number of carbonyl (C=O) groups excluding carboxylic acids is 3. The second kappa shape index (κ2) is 5.07. The number of hydrogen-bond donors (Lipinski definition) is 2. The Balaban J connectivity index is 1.58. The average molecular weight is 279 g/mol. The summed E-state index contributed by atoms with van der Waals surface area (Å²) in [4.78, 5) is 37.2. The van der Waals surface area contributed by atoms with Crippen LogP contribution in [-0.4, -0.2) is 41.4 Å². The van der Waals surface area contributed by atoms with Crippen LogP contribution < -0.4 is 10.6 Å². The Bertz CT molecular complexity index is 445. The molecule has 2 heterocycles. The van der Waals surface area contributed by atoms with Crippen molar-refractivity contribution in [2.45, 2.75) is 50.5 Å². The van der Waals surface area contributed by atoms with E-state index in [9.17, 15) is 14.4 Å². The second-order valence-electron chi connectivity index (χ2n) is 6.26. The first kappa shape index (κ1) is 13.4. The molecule has 6 heteroatoms. The highest BCUT2D eigenvalue weighted by molar-refractivity contribution is 6.07. The van der Waals surface area contributed by atoms with Gasteiger partial charge in [-0.25, -0.2) is 4.79 Å². The summed E-state index contributed by atoms with van der Waals surface area (Å²) >= 11 is 0. The Morgan fingerprint density at radius 2 is 2.00 bits per heavy atom. The smallest absolute Gasteiger partial charge is 0.322 e. The first-order chi connectivity index (χ1) is 9.59. The van der Waals surface area contributed by atoms with Crippen molar-refractivity contribution in [2.24, 2.45) is 5.92 Å². The van der Waals surface area contributed by atoms with Crippen LogP contribution in [0.15, 0.2) is 0 Å². The highest BCUT2D eigenvalue weighted by Gasteiger charge is 2.51. The number of nitrogens with zero attached hydrogens (tertiary/aromatic N) is 1. The van der Waals surface area contributed by atoms with E-state index in [1.165, 1.54) is 19.3 Å². The van der Waals surface area contributed by atoms with Crippen LogP contribution in [0.1, 0.15) is 44.9 Å². The molecule has 4 amide bonds. The van der Waals surface area contributed by atoms with Crippen LogP contribution in [-0.2, 0) is 9.59 Å². The summed E-state index contributed by atoms with van der Waals surface area (Å²) in [5, 5.41) is 4.94. The third kappa shape index (κ3) is 2.39. The summed E-state index contributed by atoms with van der Waals surface area (Å²) in [6.07, 6.45) is 7.11. The van der Waals surface area contributed by atoms with Gasteiger partial charge in [0.05, 0.1) is 6.54 Å². The summed E-state index contributed by atoms with van der Waals surface area (Å²) in [5.74, 6) is 0.331. The molecule has 1 unspecified atom stereocenters. The van der Waals surface area contributed by atoms with Crippen LogP contribution in [0.3, 0.4) is 0 Å². The Kier molecular flexibility index (Phi) is 3.40. The minimum atomic E-state index is -0.876. The molecule has 0 aromatic rings. The topological polar surface area (TPSA) is 78.5 Å². The molecule has 3 rings (SSSR count). The van der Waals surface area contributed by atoms with Crippen molar-refractivity contribution in [2.75, 3.05) is 13.1 Å². The molecule has 1 spiro atoms. The van der Waals surface area contributed by atoms with Gasteiger partial charge in [-0.15, -0.1) is 0 Å². The zero-order chi connectivity index (χ0) is 14.2. The van der Waals surface area contributed by atoms with Crippen LogP contribution in [0.5, 0.6) is 0 Å². The Morgan fingerprint density at radius 3 is 2.65 bits per heavy atom. The number of urea groups is 1. The van der Waals surface area contributed by atoms with E-state index >= 15 is 0 Å². The summed E-state index contributed by atoms with van der Waals surface area (Å²) in [6.45, 7) is 0.870. The highest BCUT2D eigenvalue weighted by atomic mass is 16.2. The monoisotopic (exact) mass is 279 g/mol. The fourth-order valence-corrected chi connectivity index (χ4v) is 3.61. The molecule has 3 fully saturated rings. The summed E-state index contributed by atoms with van der Waals surface area (Å²) in [7, 11) is 0. The summed E-state index contributed by atoms with van der Waals surface area (Å²) < 4.78 is 0. The molecule has 0 aromatic carbocycles. The van der Waals surface area contributed by atoms with E-state index in [2.05, 4.69) is 10.6 Å². The standard InChI is InChI=1S/C14H21N3O3/c18-11(8-10-4-2-1-3-5-10)17-7-6-14(9-17)12(19)15-13(20)16-14/h10H,1-9H2,(H2,15,16,19,20). The molecule has 1 saturated carbocycles. The van der Waals surface area contributed by atoms with Gasteiger partial charge in [0.2, 0.25) is 5.91 Å². The van der Waals surface area contributed by atoms with E-state index in [1.807, 2.05) is 0 Å². The zero-order valence-corrected chi connectivity index (χ0v) is 11.6. The lowest BCUT2D eigenvalue weighted by atomic mass is 9.86. The van der Waals surface area contributed by atoms with E-state index in [1.54, 1.807) is 4.90 Å². The van der Waals surface area contributed by atoms with E-state index in [4.69, 9.17) is 0 Å². The SMILES string of the molecule is O=C1NC(=O)C2(CCN(C(=O)CC3CCCCC3)C2)N1. The summed E-state index contributed by atoms with van der Waals surface area (Å²) in [5.41, 5.74) is -0.876. The number of rotatable bonds is 2. The van der Waals surface area contributed by atoms with Gasteiger partial charge in [-0.1, -0.05) is 19.3 Å². The number of carbonyl (C=O) groups is 3. The molecule has 0 bridgehead atoms. The lowest BCUT2D eigenvalue weighted by molar-refractivity contribution is -0.132. The lowest BCUT2D eigenvalue weighted by Crippen LogP contribution is -2.49. The van der Waals surface area contributed by atoms with Gasteiger partial charge in [-0.05, 0) is 25.2 Å². The Labute approximate surface area is 118 Å². The van der Waals surface area contributed by atoms with Crippen LogP contribution in [0.25, 0.3) is 0 Å². The highest BCUT2D eigenvalue weighted by Crippen LogP contribution is 2.29. The van der Waals surface area contributed by atoms with Crippen LogP contribution in [0.4, 0.5) is 4.79 Å². The van der Waals surface area contributed by atoms with Crippen molar-refractivity contribution in [3.8, 4) is 0 Å². The Hall–Kier alpha value is -1.59. The van der Waals surface area contributed by atoms with E-state index in [0.717, 1.165) is 12.8 Å². The van der Waals surface area contributed by atoms with E-state index in [-0.39, 0.29) is 11.8 Å². The third-order valence-corrected chi connectivity index (χ3v) is 4.82. The molecular formula is C14H21N3O3. The summed E-state index contributed by atoms with van der Waals surface area (Å²) in [6, 6.07) is -0.448. The fourth-order valence-electron chi connectivity index (χ4n) is 3.61. The normalized spacial score (nSPS) is 30.7. The maximum Gasteiger partial charge on any atom is 0.322 e. The second-order valence-corrected chi connectivity index (χ2v) is 6.26. The predicted octanol–water partition coefficient (Wildman–Crippen LogP) is 0.767. The van der Waals surface area contributed by atoms with E-state index in [0.29, 0.717) is 31.8 Å². The van der Waals surface area contributed by atoms with Gasteiger partial charge in [0.1, 0.15) is 5.54 Å². The van der Waals surface area contributed by atoms with Crippen LogP contribution in [0, 0.1) is 5.92 Å². The Morgan fingerprint density at radius 1 is 1.25 bits per heavy atom. The first-order valence-corrected chi connectivity index (χ1v) is 7.50. The van der Waals surface area contributed by atoms with Gasteiger partial charge >= 0.3 is 6.03 Å². The number of imide groups is 1. The van der Waals surface area contributed by atoms with Gasteiger partial charge < -0.3 is 10.2 Å². The quantitative estimate of drug-likeness (QED) is 0.733. The molecule has 2 N–H and O–H groups in total. The van der Waals surface area contributed by atoms with Crippen LogP contribution in [0.2, 0.25) is 0 Å². The first-order valence-electron chi connectivity index (χ1n) is 7.50. The average Bonchev–Trinajstić information content (AvgIpc) is 2.96. The largest absolute Gasteiger partial charge is 0.340 e. The number of amides is 4. The molecule has 6 nitrogen and oxygen atoms in total. The molecule has 3 aliphatic rings. The van der Waals surface area contributed by atoms with Gasteiger partial charge in [0, 0.05) is 13.0 Å². The van der Waals surface area contributed by atoms with Gasteiger partial charge in [-0.3, -0.25) is 14.9 Å². The molecule has 0 aromatic heterocycles. The fraction of sp³-hybridized carbons (Fsp3) is 0.786. The van der Waals surface area contributed by atoms with E-state index < -0.39 is 11.6 Å². The number of nitrogens with one attached hydrogen (secondary N) is 2. The van der Waals surface area contributed by atoms with Gasteiger partial charge in [0.25, 0.3) is 5.91 Å². The molecule has 2 aliphatic heterocycles. The molecular weight excluding hydrogens is 258 g/mol. The van der Waals surface area contributed by atoms with Crippen LogP contribution >= 0.6 is 0 Å². The molecule has 0 radical (unpaired) electrons. The molecule has 110 valence electrons.